The summed E-state index contributed by atoms with van der Waals surface area (Å²) in [4.78, 5) is 11.4. The zero-order valence-electron chi connectivity index (χ0n) is 11.0. The lowest BCUT2D eigenvalue weighted by molar-refractivity contribution is -0.120. The number of nitrogen functional groups attached to an aromatic ring is 1. The van der Waals surface area contributed by atoms with E-state index in [0.29, 0.717) is 13.0 Å². The molecule has 6 nitrogen and oxygen atoms in total. The van der Waals surface area contributed by atoms with Crippen LogP contribution in [0.2, 0.25) is 0 Å². The summed E-state index contributed by atoms with van der Waals surface area (Å²) in [6.07, 6.45) is 0.528. The van der Waals surface area contributed by atoms with Crippen molar-refractivity contribution >= 4 is 21.6 Å². The average Bonchev–Trinajstić information content (AvgIpc) is 2.60. The first-order chi connectivity index (χ1) is 9.32. The molecule has 0 atom stereocenters. The van der Waals surface area contributed by atoms with Gasteiger partial charge in [0, 0.05) is 13.1 Å². The van der Waals surface area contributed by atoms with Crippen LogP contribution in [-0.4, -0.2) is 38.3 Å². The summed E-state index contributed by atoms with van der Waals surface area (Å²) in [5, 5.41) is 2.60. The third kappa shape index (κ3) is 2.75. The smallest absolute Gasteiger partial charge is 0.243 e. The number of nitrogens with two attached hydrogens (primary N) is 1. The van der Waals surface area contributed by atoms with Crippen molar-refractivity contribution in [3.63, 3.8) is 0 Å². The van der Waals surface area contributed by atoms with Crippen LogP contribution in [0.5, 0.6) is 0 Å². The number of anilines is 1. The van der Waals surface area contributed by atoms with Crippen LogP contribution in [0.15, 0.2) is 17.0 Å². The molecule has 20 heavy (non-hydrogen) atoms. The van der Waals surface area contributed by atoms with Crippen molar-refractivity contribution in [2.45, 2.75) is 18.2 Å². The van der Waals surface area contributed by atoms with E-state index in [4.69, 9.17) is 5.73 Å². The fourth-order valence-corrected chi connectivity index (χ4v) is 3.60. The first-order valence-corrected chi connectivity index (χ1v) is 7.59. The van der Waals surface area contributed by atoms with Gasteiger partial charge >= 0.3 is 0 Å². The molecule has 0 aromatic heterocycles. The Hall–Kier alpha value is -1.67. The third-order valence-electron chi connectivity index (χ3n) is 3.12. The third-order valence-corrected chi connectivity index (χ3v) is 4.94. The Labute approximate surface area is 116 Å². The Morgan fingerprint density at radius 2 is 2.10 bits per heavy atom. The van der Waals surface area contributed by atoms with Crippen molar-refractivity contribution in [1.82, 2.24) is 9.62 Å². The lowest BCUT2D eigenvalue weighted by atomic mass is 10.2. The van der Waals surface area contributed by atoms with Crippen molar-refractivity contribution in [3.05, 3.63) is 23.5 Å². The first kappa shape index (κ1) is 14.7. The maximum absolute atomic E-state index is 13.5. The predicted molar refractivity (Wildman–Crippen MR) is 71.9 cm³/mol. The van der Waals surface area contributed by atoms with Gasteiger partial charge in [-0.25, -0.2) is 12.8 Å². The van der Waals surface area contributed by atoms with Gasteiger partial charge in [-0.2, -0.15) is 4.31 Å². The maximum atomic E-state index is 13.5. The van der Waals surface area contributed by atoms with Crippen LogP contribution in [0.3, 0.4) is 0 Å². The summed E-state index contributed by atoms with van der Waals surface area (Å²) < 4.78 is 39.5. The van der Waals surface area contributed by atoms with Crippen LogP contribution in [0, 0.1) is 12.7 Å². The number of carbonyl (C=O) groups excluding carboxylic acids is 1. The summed E-state index contributed by atoms with van der Waals surface area (Å²) in [7, 11) is -3.85. The Morgan fingerprint density at radius 3 is 2.75 bits per heavy atom. The van der Waals surface area contributed by atoms with Gasteiger partial charge in [-0.1, -0.05) is 0 Å². The summed E-state index contributed by atoms with van der Waals surface area (Å²) >= 11 is 0. The molecule has 1 amide bonds. The second-order valence-corrected chi connectivity index (χ2v) is 6.62. The number of aryl methyl sites for hydroxylation is 1. The van der Waals surface area contributed by atoms with Gasteiger partial charge in [0.05, 0.1) is 17.1 Å². The molecule has 0 aliphatic carbocycles. The minimum absolute atomic E-state index is 0.0939. The highest BCUT2D eigenvalue weighted by molar-refractivity contribution is 7.89. The highest BCUT2D eigenvalue weighted by atomic mass is 32.2. The predicted octanol–water partition coefficient (Wildman–Crippen LogP) is 0.227. The van der Waals surface area contributed by atoms with Crippen LogP contribution >= 0.6 is 0 Å². The van der Waals surface area contributed by atoms with E-state index in [1.165, 1.54) is 13.0 Å². The molecular formula is C12H16FN3O3S. The normalized spacial score (nSPS) is 17.6. The fraction of sp³-hybridized carbons (Fsp3) is 0.417. The van der Waals surface area contributed by atoms with Gasteiger partial charge in [-0.05, 0) is 31.0 Å². The molecule has 0 bridgehead atoms. The van der Waals surface area contributed by atoms with Crippen molar-refractivity contribution in [3.8, 4) is 0 Å². The number of halogens is 1. The SMILES string of the molecule is Cc1cc(S(=O)(=O)N2CCCNC(=O)C2)cc(N)c1F. The van der Waals surface area contributed by atoms with Crippen LogP contribution in [-0.2, 0) is 14.8 Å². The van der Waals surface area contributed by atoms with E-state index >= 15 is 0 Å². The van der Waals surface area contributed by atoms with Crippen LogP contribution in [0.4, 0.5) is 10.1 Å². The summed E-state index contributed by atoms with van der Waals surface area (Å²) in [5.74, 6) is -0.976. The molecule has 1 heterocycles. The number of nitrogens with zero attached hydrogens (tertiary/aromatic N) is 1. The van der Waals surface area contributed by atoms with Crippen molar-refractivity contribution in [2.24, 2.45) is 0 Å². The van der Waals surface area contributed by atoms with Gasteiger partial charge in [0.2, 0.25) is 15.9 Å². The largest absolute Gasteiger partial charge is 0.396 e. The molecule has 1 aromatic rings. The first-order valence-electron chi connectivity index (χ1n) is 6.15. The summed E-state index contributed by atoms with van der Waals surface area (Å²) in [5.41, 5.74) is 5.40. The monoisotopic (exact) mass is 301 g/mol. The second-order valence-electron chi connectivity index (χ2n) is 4.69. The van der Waals surface area contributed by atoms with Crippen molar-refractivity contribution in [1.29, 1.82) is 0 Å². The molecule has 8 heteroatoms. The number of hydrogen-bond donors (Lipinski definition) is 2. The van der Waals surface area contributed by atoms with E-state index in [1.807, 2.05) is 0 Å². The standard InChI is InChI=1S/C12H16FN3O3S/c1-8-5-9(6-10(14)12(8)13)20(18,19)16-4-2-3-15-11(17)7-16/h5-6H,2-4,7,14H2,1H3,(H,15,17). The van der Waals surface area contributed by atoms with Gasteiger partial charge < -0.3 is 11.1 Å². The number of nitrogens with one attached hydrogen (secondary N) is 1. The minimum Gasteiger partial charge on any atom is -0.396 e. The van der Waals surface area contributed by atoms with Gasteiger partial charge in [-0.3, -0.25) is 4.79 Å². The topological polar surface area (TPSA) is 92.5 Å². The molecule has 1 fully saturated rings. The Morgan fingerprint density at radius 1 is 1.40 bits per heavy atom. The molecule has 0 unspecified atom stereocenters. The molecule has 3 N–H and O–H groups in total. The van der Waals surface area contributed by atoms with Gasteiger partial charge in [0.1, 0.15) is 5.82 Å². The number of benzene rings is 1. The van der Waals surface area contributed by atoms with E-state index < -0.39 is 15.8 Å². The molecule has 0 radical (unpaired) electrons. The van der Waals surface area contributed by atoms with E-state index in [-0.39, 0.29) is 35.1 Å². The number of rotatable bonds is 2. The Kier molecular flexibility index (Phi) is 3.96. The number of carbonyl (C=O) groups is 1. The van der Waals surface area contributed by atoms with E-state index in [1.54, 1.807) is 0 Å². The molecule has 1 aliphatic heterocycles. The summed E-state index contributed by atoms with van der Waals surface area (Å²) in [6.45, 7) is 1.88. The number of hydrogen-bond acceptors (Lipinski definition) is 4. The lowest BCUT2D eigenvalue weighted by Crippen LogP contribution is -2.37. The molecular weight excluding hydrogens is 285 g/mol. The van der Waals surface area contributed by atoms with E-state index in [2.05, 4.69) is 5.32 Å². The van der Waals surface area contributed by atoms with Crippen LogP contribution in [0.25, 0.3) is 0 Å². The minimum atomic E-state index is -3.85. The molecule has 1 aliphatic rings. The van der Waals surface area contributed by atoms with Gasteiger partial charge in [0.15, 0.2) is 0 Å². The molecule has 2 rings (SSSR count). The second kappa shape index (κ2) is 5.37. The number of sulfonamides is 1. The van der Waals surface area contributed by atoms with Gasteiger partial charge in [0.25, 0.3) is 0 Å². The zero-order valence-corrected chi connectivity index (χ0v) is 11.8. The molecule has 110 valence electrons. The highest BCUT2D eigenvalue weighted by Gasteiger charge is 2.28. The Balaban J connectivity index is 2.41. The molecule has 1 saturated heterocycles. The van der Waals surface area contributed by atoms with Crippen LogP contribution < -0.4 is 11.1 Å². The Bertz CT molecular complexity index is 622. The highest BCUT2D eigenvalue weighted by Crippen LogP contribution is 2.24. The quantitative estimate of drug-likeness (QED) is 0.765. The molecule has 0 saturated carbocycles. The molecule has 0 spiro atoms. The van der Waals surface area contributed by atoms with E-state index in [9.17, 15) is 17.6 Å². The van der Waals surface area contributed by atoms with E-state index in [0.717, 1.165) is 10.4 Å². The summed E-state index contributed by atoms with van der Waals surface area (Å²) in [6, 6.07) is 2.31. The average molecular weight is 301 g/mol. The van der Waals surface area contributed by atoms with Crippen molar-refractivity contribution < 1.29 is 17.6 Å². The fourth-order valence-electron chi connectivity index (χ4n) is 2.04. The van der Waals surface area contributed by atoms with Crippen LogP contribution in [0.1, 0.15) is 12.0 Å². The zero-order chi connectivity index (χ0) is 14.9. The van der Waals surface area contributed by atoms with Gasteiger partial charge in [-0.15, -0.1) is 0 Å². The molecule has 1 aromatic carbocycles. The lowest BCUT2D eigenvalue weighted by Gasteiger charge is -2.19. The van der Waals surface area contributed by atoms with Crippen molar-refractivity contribution in [2.75, 3.05) is 25.4 Å². The number of amides is 1. The maximum Gasteiger partial charge on any atom is 0.243 e.